The molecule has 1 aromatic heterocycles. The molecule has 14 nitrogen and oxygen atoms in total. The summed E-state index contributed by atoms with van der Waals surface area (Å²) in [6, 6.07) is 7.28. The van der Waals surface area contributed by atoms with Gasteiger partial charge in [-0.2, -0.15) is 5.09 Å². The number of hydrogen-bond donors (Lipinski definition) is 3. The maximum atomic E-state index is 16.3. The number of carbonyl (C=O) groups is 2. The van der Waals surface area contributed by atoms with E-state index in [9.17, 15) is 28.8 Å². The third-order valence-corrected chi connectivity index (χ3v) is 7.14. The summed E-state index contributed by atoms with van der Waals surface area (Å²) in [4.78, 5) is 49.8. The van der Waals surface area contributed by atoms with E-state index >= 15 is 4.39 Å². The van der Waals surface area contributed by atoms with Crippen LogP contribution in [-0.2, 0) is 28.1 Å². The molecular formula is C24H31FN3O11P. The van der Waals surface area contributed by atoms with Crippen LogP contribution >= 0.6 is 7.75 Å². The molecule has 220 valence electrons. The molecule has 0 aliphatic carbocycles. The van der Waals surface area contributed by atoms with Crippen LogP contribution in [0.3, 0.4) is 0 Å². The molecule has 2 heterocycles. The second-order valence-corrected chi connectivity index (χ2v) is 11.8. The van der Waals surface area contributed by atoms with Gasteiger partial charge in [0, 0.05) is 12.3 Å². The highest BCUT2D eigenvalue weighted by molar-refractivity contribution is 7.52. The molecule has 16 heteroatoms. The van der Waals surface area contributed by atoms with Crippen LogP contribution in [0, 0.1) is 0 Å². The molecule has 0 radical (unpaired) electrons. The van der Waals surface area contributed by atoms with Crippen molar-refractivity contribution in [3.8, 4) is 5.75 Å². The molecule has 0 amide bonds. The van der Waals surface area contributed by atoms with Crippen molar-refractivity contribution in [3.63, 3.8) is 0 Å². The molecule has 0 spiro atoms. The Morgan fingerprint density at radius 3 is 2.48 bits per heavy atom. The number of carbonyl (C=O) groups excluding carboxylic acids is 1. The molecule has 40 heavy (non-hydrogen) atoms. The lowest BCUT2D eigenvalue weighted by molar-refractivity contribution is -0.138. The summed E-state index contributed by atoms with van der Waals surface area (Å²) < 4.78 is 57.6. The van der Waals surface area contributed by atoms with Gasteiger partial charge in [0.05, 0.1) is 6.61 Å². The van der Waals surface area contributed by atoms with Crippen molar-refractivity contribution in [2.24, 2.45) is 0 Å². The maximum Gasteiger partial charge on any atom is 0.509 e. The summed E-state index contributed by atoms with van der Waals surface area (Å²) in [6.45, 7) is 6.11. The number of carboxylic acid groups (broad SMARTS) is 1. The number of benzene rings is 1. The van der Waals surface area contributed by atoms with E-state index in [1.54, 1.807) is 39.0 Å². The third-order valence-electron chi connectivity index (χ3n) is 5.50. The predicted octanol–water partition coefficient (Wildman–Crippen LogP) is 2.75. The molecule has 6 atom stereocenters. The van der Waals surface area contributed by atoms with Gasteiger partial charge in [-0.05, 0) is 46.8 Å². The molecule has 1 fully saturated rings. The van der Waals surface area contributed by atoms with E-state index in [0.717, 1.165) is 23.8 Å². The van der Waals surface area contributed by atoms with Gasteiger partial charge in [0.25, 0.3) is 5.56 Å². The Hall–Kier alpha value is -3.52. The Morgan fingerprint density at radius 1 is 1.25 bits per heavy atom. The molecule has 0 saturated carbocycles. The number of aromatic nitrogens is 2. The molecule has 2 aromatic rings. The number of rotatable bonds is 10. The van der Waals surface area contributed by atoms with E-state index in [1.165, 1.54) is 19.1 Å². The van der Waals surface area contributed by atoms with Crippen LogP contribution in [0.15, 0.2) is 52.2 Å². The van der Waals surface area contributed by atoms with Crippen molar-refractivity contribution in [2.75, 3.05) is 6.61 Å². The number of halogens is 1. The fraction of sp³-hybridized carbons (Fsp3) is 0.500. The lowest BCUT2D eigenvalue weighted by atomic mass is 9.98. The number of nitrogens with zero attached hydrogens (tertiary/aromatic N) is 1. The van der Waals surface area contributed by atoms with Crippen LogP contribution in [0.1, 0.15) is 40.8 Å². The van der Waals surface area contributed by atoms with Crippen molar-refractivity contribution in [3.05, 3.63) is 63.4 Å². The minimum absolute atomic E-state index is 0.0674. The van der Waals surface area contributed by atoms with E-state index in [1.807, 2.05) is 4.98 Å². The summed E-state index contributed by atoms with van der Waals surface area (Å²) in [6.07, 6.45) is -5.30. The SMILES string of the molecule is CC(N[P@](=O)(OC[C@H]1O[C@@H](n2ccc(=O)[nH]c2=O)[C@](C)(F)[C@@H]1OC(=O)OC(C)(C)C)Oc1ccccc1)C(=O)O. The average molecular weight is 587 g/mol. The molecule has 1 unspecified atom stereocenters. The van der Waals surface area contributed by atoms with Gasteiger partial charge in [-0.25, -0.2) is 18.5 Å². The second kappa shape index (κ2) is 11.9. The quantitative estimate of drug-likeness (QED) is 0.273. The highest BCUT2D eigenvalue weighted by atomic mass is 31.2. The average Bonchev–Trinajstić information content (AvgIpc) is 3.06. The van der Waals surface area contributed by atoms with Crippen LogP contribution in [0.25, 0.3) is 0 Å². The van der Waals surface area contributed by atoms with E-state index in [2.05, 4.69) is 5.09 Å². The van der Waals surface area contributed by atoms with Gasteiger partial charge in [-0.3, -0.25) is 23.7 Å². The first-order chi connectivity index (χ1) is 18.5. The van der Waals surface area contributed by atoms with Crippen molar-refractivity contribution in [1.82, 2.24) is 14.6 Å². The lowest BCUT2D eigenvalue weighted by Crippen LogP contribution is -2.46. The van der Waals surface area contributed by atoms with Crippen molar-refractivity contribution >= 4 is 19.9 Å². The van der Waals surface area contributed by atoms with Gasteiger partial charge in [0.15, 0.2) is 18.0 Å². The maximum absolute atomic E-state index is 16.3. The molecule has 1 aromatic carbocycles. The van der Waals surface area contributed by atoms with E-state index < -0.39 is 73.5 Å². The zero-order valence-corrected chi connectivity index (χ0v) is 23.3. The van der Waals surface area contributed by atoms with Crippen LogP contribution in [-0.4, -0.2) is 62.9 Å². The normalized spacial score (nSPS) is 25.0. The van der Waals surface area contributed by atoms with E-state index in [-0.39, 0.29) is 5.75 Å². The third kappa shape index (κ3) is 7.78. The second-order valence-electron chi connectivity index (χ2n) is 10.1. The van der Waals surface area contributed by atoms with Gasteiger partial charge in [0.2, 0.25) is 0 Å². The zero-order valence-electron chi connectivity index (χ0n) is 22.4. The smallest absolute Gasteiger partial charge is 0.480 e. The summed E-state index contributed by atoms with van der Waals surface area (Å²) in [5.74, 6) is -1.30. The standard InChI is InChI=1S/C24H31FN3O11P/c1-14(19(30)31)27-40(34,39-15-9-7-6-8-10-15)35-13-16-18(37-22(33)38-23(2,3)4)24(5,25)20(36-16)28-12-11-17(29)26-21(28)32/h6-12,14,16,18,20H,13H2,1-5H3,(H,27,34)(H,30,31)(H,26,29,32)/t14?,16-,18-,20-,24-,40+/m1/s1. The number of nitrogens with one attached hydrogen (secondary N) is 2. The van der Waals surface area contributed by atoms with Gasteiger partial charge in [-0.15, -0.1) is 0 Å². The Balaban J connectivity index is 1.93. The zero-order chi connectivity index (χ0) is 29.9. The summed E-state index contributed by atoms with van der Waals surface area (Å²) in [7, 11) is -4.47. The monoisotopic (exact) mass is 587 g/mol. The number of H-pyrrole nitrogens is 1. The molecule has 1 saturated heterocycles. The largest absolute Gasteiger partial charge is 0.509 e. The minimum atomic E-state index is -4.47. The molecular weight excluding hydrogens is 556 g/mol. The summed E-state index contributed by atoms with van der Waals surface area (Å²) in [5.41, 5.74) is -5.35. The Labute approximate surface area is 227 Å². The fourth-order valence-corrected chi connectivity index (χ4v) is 5.20. The van der Waals surface area contributed by atoms with Gasteiger partial charge in [0.1, 0.15) is 23.5 Å². The van der Waals surface area contributed by atoms with Crippen LogP contribution in [0.2, 0.25) is 0 Å². The number of alkyl halides is 1. The van der Waals surface area contributed by atoms with Crippen LogP contribution < -0.4 is 20.9 Å². The number of ether oxygens (including phenoxy) is 3. The summed E-state index contributed by atoms with van der Waals surface area (Å²) >= 11 is 0. The molecule has 3 N–H and O–H groups in total. The van der Waals surface area contributed by atoms with E-state index in [4.69, 9.17) is 23.3 Å². The summed E-state index contributed by atoms with van der Waals surface area (Å²) in [5, 5.41) is 11.6. The van der Waals surface area contributed by atoms with Crippen molar-refractivity contribution < 1.29 is 46.9 Å². The molecule has 0 bridgehead atoms. The Bertz CT molecular complexity index is 1370. The Morgan fingerprint density at radius 2 is 1.90 bits per heavy atom. The fourth-order valence-electron chi connectivity index (χ4n) is 3.69. The van der Waals surface area contributed by atoms with Gasteiger partial charge >= 0.3 is 25.6 Å². The number of carboxylic acids is 1. The number of aromatic amines is 1. The molecule has 3 rings (SSSR count). The first-order valence-electron chi connectivity index (χ1n) is 12.1. The highest BCUT2D eigenvalue weighted by Crippen LogP contribution is 2.48. The topological polar surface area (TPSA) is 184 Å². The van der Waals surface area contributed by atoms with Gasteiger partial charge in [-0.1, -0.05) is 18.2 Å². The van der Waals surface area contributed by atoms with Gasteiger partial charge < -0.3 is 23.8 Å². The Kier molecular flexibility index (Phi) is 9.24. The molecule has 1 aliphatic heterocycles. The predicted molar refractivity (Wildman–Crippen MR) is 137 cm³/mol. The van der Waals surface area contributed by atoms with E-state index in [0.29, 0.717) is 0 Å². The lowest BCUT2D eigenvalue weighted by Gasteiger charge is -2.29. The van der Waals surface area contributed by atoms with Crippen LogP contribution in [0.4, 0.5) is 9.18 Å². The first kappa shape index (κ1) is 31.0. The number of aliphatic carboxylic acids is 1. The molecule has 1 aliphatic rings. The highest BCUT2D eigenvalue weighted by Gasteiger charge is 2.59. The number of hydrogen-bond acceptors (Lipinski definition) is 10. The minimum Gasteiger partial charge on any atom is -0.480 e. The van der Waals surface area contributed by atoms with Crippen molar-refractivity contribution in [2.45, 2.75) is 70.4 Å². The van der Waals surface area contributed by atoms with Crippen molar-refractivity contribution in [1.29, 1.82) is 0 Å². The first-order valence-corrected chi connectivity index (χ1v) is 13.6. The van der Waals surface area contributed by atoms with Crippen LogP contribution in [0.5, 0.6) is 5.75 Å². The number of para-hydroxylation sites is 1.